The number of anilines is 1. The fourth-order valence-corrected chi connectivity index (χ4v) is 2.35. The molecule has 6 nitrogen and oxygen atoms in total. The first-order valence-corrected chi connectivity index (χ1v) is 7.33. The van der Waals surface area contributed by atoms with Crippen LogP contribution in [0.1, 0.15) is 10.6 Å². The quantitative estimate of drug-likeness (QED) is 0.547. The topological polar surface area (TPSA) is 85.4 Å². The molecule has 0 spiro atoms. The second kappa shape index (κ2) is 6.55. The number of benzene rings is 2. The third-order valence-corrected chi connectivity index (χ3v) is 3.52. The Bertz CT molecular complexity index is 906. The zero-order chi connectivity index (χ0) is 17.1. The minimum atomic E-state index is -0.548. The molecule has 3 rings (SSSR count). The Morgan fingerprint density at radius 3 is 2.54 bits per heavy atom. The molecule has 24 heavy (non-hydrogen) atoms. The lowest BCUT2D eigenvalue weighted by Gasteiger charge is -2.03. The van der Waals surface area contributed by atoms with Gasteiger partial charge in [0.2, 0.25) is 0 Å². The molecule has 0 saturated carbocycles. The molecule has 1 N–H and O–H groups in total. The summed E-state index contributed by atoms with van der Waals surface area (Å²) in [5.74, 6) is -0.168. The summed E-state index contributed by atoms with van der Waals surface area (Å²) in [4.78, 5) is 22.8. The van der Waals surface area contributed by atoms with Crippen LogP contribution in [0.5, 0.6) is 0 Å². The molecule has 120 valence electrons. The highest BCUT2D eigenvalue weighted by Crippen LogP contribution is 2.33. The highest BCUT2D eigenvalue weighted by molar-refractivity contribution is 6.30. The van der Waals surface area contributed by atoms with E-state index < -0.39 is 10.8 Å². The number of rotatable bonds is 4. The van der Waals surface area contributed by atoms with E-state index in [1.807, 2.05) is 6.07 Å². The van der Waals surface area contributed by atoms with Crippen molar-refractivity contribution in [2.75, 3.05) is 5.32 Å². The number of nitro groups is 1. The molecule has 0 bridgehead atoms. The van der Waals surface area contributed by atoms with Crippen LogP contribution in [0.2, 0.25) is 5.02 Å². The largest absolute Gasteiger partial charge is 0.451 e. The van der Waals surface area contributed by atoms with E-state index in [2.05, 4.69) is 5.32 Å². The number of para-hydroxylation sites is 1. The van der Waals surface area contributed by atoms with Crippen LogP contribution < -0.4 is 5.32 Å². The zero-order valence-corrected chi connectivity index (χ0v) is 13.0. The molecule has 7 heteroatoms. The van der Waals surface area contributed by atoms with Gasteiger partial charge in [-0.1, -0.05) is 29.8 Å². The number of amides is 1. The number of furan rings is 1. The van der Waals surface area contributed by atoms with Crippen LogP contribution in [-0.4, -0.2) is 10.8 Å². The molecular weight excluding hydrogens is 332 g/mol. The van der Waals surface area contributed by atoms with E-state index in [4.69, 9.17) is 16.0 Å². The van der Waals surface area contributed by atoms with Crippen molar-refractivity contribution < 1.29 is 14.1 Å². The minimum absolute atomic E-state index is 0.0538. The van der Waals surface area contributed by atoms with Gasteiger partial charge in [0.05, 0.1) is 10.5 Å². The van der Waals surface area contributed by atoms with E-state index in [0.717, 1.165) is 0 Å². The lowest BCUT2D eigenvalue weighted by atomic mass is 10.1. The first-order valence-electron chi connectivity index (χ1n) is 6.95. The van der Waals surface area contributed by atoms with Crippen LogP contribution in [-0.2, 0) is 0 Å². The maximum absolute atomic E-state index is 12.2. The van der Waals surface area contributed by atoms with Gasteiger partial charge in [-0.2, -0.15) is 0 Å². The Balaban J connectivity index is 1.89. The predicted molar refractivity (Wildman–Crippen MR) is 90.2 cm³/mol. The van der Waals surface area contributed by atoms with E-state index in [0.29, 0.717) is 5.69 Å². The average molecular weight is 343 g/mol. The first-order chi connectivity index (χ1) is 11.5. The van der Waals surface area contributed by atoms with Crippen molar-refractivity contribution in [1.82, 2.24) is 0 Å². The van der Waals surface area contributed by atoms with Gasteiger partial charge < -0.3 is 9.73 Å². The standard InChI is InChI=1S/C17H11ClN2O4/c18-11-6-7-13(14(10-11)20(22)23)15-8-9-16(24-15)17(21)19-12-4-2-1-3-5-12/h1-10H,(H,19,21). The maximum atomic E-state index is 12.2. The molecule has 0 aliphatic rings. The number of nitro benzene ring substituents is 1. The molecule has 0 atom stereocenters. The van der Waals surface area contributed by atoms with E-state index in [9.17, 15) is 14.9 Å². The Morgan fingerprint density at radius 1 is 1.08 bits per heavy atom. The Morgan fingerprint density at radius 2 is 1.83 bits per heavy atom. The van der Waals surface area contributed by atoms with Crippen LogP contribution in [0.25, 0.3) is 11.3 Å². The van der Waals surface area contributed by atoms with Crippen LogP contribution in [0.3, 0.4) is 0 Å². The molecule has 1 heterocycles. The SMILES string of the molecule is O=C(Nc1ccccc1)c1ccc(-c2ccc(Cl)cc2[N+](=O)[O-])o1. The molecule has 0 unspecified atom stereocenters. The van der Waals surface area contributed by atoms with E-state index >= 15 is 0 Å². The van der Waals surface area contributed by atoms with Gasteiger partial charge in [-0.3, -0.25) is 14.9 Å². The van der Waals surface area contributed by atoms with Gasteiger partial charge in [0.15, 0.2) is 5.76 Å². The highest BCUT2D eigenvalue weighted by atomic mass is 35.5. The third kappa shape index (κ3) is 3.28. The van der Waals surface area contributed by atoms with Crippen molar-refractivity contribution in [3.8, 4) is 11.3 Å². The second-order valence-electron chi connectivity index (χ2n) is 4.90. The molecule has 2 aromatic carbocycles. The summed E-state index contributed by atoms with van der Waals surface area (Å²) in [5.41, 5.74) is 0.688. The number of nitrogens with one attached hydrogen (secondary N) is 1. The van der Waals surface area contributed by atoms with Crippen LogP contribution >= 0.6 is 11.6 Å². The van der Waals surface area contributed by atoms with Crippen LogP contribution in [0, 0.1) is 10.1 Å². The Kier molecular flexibility index (Phi) is 4.31. The van der Waals surface area contributed by atoms with E-state index in [1.165, 1.54) is 30.3 Å². The van der Waals surface area contributed by atoms with Gasteiger partial charge in [0.1, 0.15) is 5.76 Å². The number of hydrogen-bond donors (Lipinski definition) is 1. The normalized spacial score (nSPS) is 10.4. The molecule has 0 aliphatic heterocycles. The van der Waals surface area contributed by atoms with Crippen molar-refractivity contribution in [3.05, 3.63) is 81.6 Å². The highest BCUT2D eigenvalue weighted by Gasteiger charge is 2.20. The molecule has 0 aliphatic carbocycles. The smallest absolute Gasteiger partial charge is 0.291 e. The summed E-state index contributed by atoms with van der Waals surface area (Å²) < 4.78 is 5.47. The van der Waals surface area contributed by atoms with Crippen molar-refractivity contribution in [1.29, 1.82) is 0 Å². The van der Waals surface area contributed by atoms with Crippen molar-refractivity contribution in [2.45, 2.75) is 0 Å². The van der Waals surface area contributed by atoms with Crippen molar-refractivity contribution >= 4 is 28.9 Å². The average Bonchev–Trinajstić information content (AvgIpc) is 3.05. The number of halogens is 1. The Labute approximate surface area is 141 Å². The lowest BCUT2D eigenvalue weighted by Crippen LogP contribution is -2.10. The minimum Gasteiger partial charge on any atom is -0.451 e. The van der Waals surface area contributed by atoms with Gasteiger partial charge >= 0.3 is 0 Å². The molecule has 3 aromatic rings. The van der Waals surface area contributed by atoms with Crippen molar-refractivity contribution in [3.63, 3.8) is 0 Å². The van der Waals surface area contributed by atoms with E-state index in [-0.39, 0.29) is 27.8 Å². The van der Waals surface area contributed by atoms with Gasteiger partial charge in [-0.05, 0) is 36.4 Å². The summed E-state index contributed by atoms with van der Waals surface area (Å²) in [6.45, 7) is 0. The molecular formula is C17H11ClN2O4. The van der Waals surface area contributed by atoms with Crippen LogP contribution in [0.15, 0.2) is 65.1 Å². The zero-order valence-electron chi connectivity index (χ0n) is 12.2. The molecule has 0 saturated heterocycles. The van der Waals surface area contributed by atoms with Gasteiger partial charge in [-0.25, -0.2) is 0 Å². The van der Waals surface area contributed by atoms with Crippen molar-refractivity contribution in [2.24, 2.45) is 0 Å². The first kappa shape index (κ1) is 15.8. The molecule has 0 fully saturated rings. The number of carbonyl (C=O) groups excluding carboxylic acids is 1. The third-order valence-electron chi connectivity index (χ3n) is 3.28. The number of carbonyl (C=O) groups is 1. The fourth-order valence-electron chi connectivity index (χ4n) is 2.18. The number of nitrogens with zero attached hydrogens (tertiary/aromatic N) is 1. The summed E-state index contributed by atoms with van der Waals surface area (Å²) in [6, 6.07) is 16.1. The number of hydrogen-bond acceptors (Lipinski definition) is 4. The fraction of sp³-hybridized carbons (Fsp3) is 0. The van der Waals surface area contributed by atoms with E-state index in [1.54, 1.807) is 24.3 Å². The monoisotopic (exact) mass is 342 g/mol. The molecule has 0 radical (unpaired) electrons. The summed E-state index contributed by atoms with van der Waals surface area (Å²) in [6.07, 6.45) is 0. The summed E-state index contributed by atoms with van der Waals surface area (Å²) in [5, 5.41) is 14.1. The predicted octanol–water partition coefficient (Wildman–Crippen LogP) is 4.76. The molecule has 1 aromatic heterocycles. The second-order valence-corrected chi connectivity index (χ2v) is 5.34. The van der Waals surface area contributed by atoms with Gasteiger partial charge in [-0.15, -0.1) is 0 Å². The van der Waals surface area contributed by atoms with Crippen LogP contribution in [0.4, 0.5) is 11.4 Å². The summed E-state index contributed by atoms with van der Waals surface area (Å²) >= 11 is 5.80. The van der Waals surface area contributed by atoms with Gasteiger partial charge in [0.25, 0.3) is 11.6 Å². The Hall–Kier alpha value is -3.12. The maximum Gasteiger partial charge on any atom is 0.291 e. The molecule has 1 amide bonds. The lowest BCUT2D eigenvalue weighted by molar-refractivity contribution is -0.384. The van der Waals surface area contributed by atoms with Gasteiger partial charge in [0, 0.05) is 16.8 Å². The summed E-state index contributed by atoms with van der Waals surface area (Å²) in [7, 11) is 0.